The largest absolute Gasteiger partial charge is 0.493 e. The van der Waals surface area contributed by atoms with E-state index in [9.17, 15) is 4.79 Å². The fourth-order valence-corrected chi connectivity index (χ4v) is 2.77. The number of methoxy groups -OCH3 is 2. The summed E-state index contributed by atoms with van der Waals surface area (Å²) in [5, 5.41) is 3.85. The number of aromatic nitrogens is 1. The Morgan fingerprint density at radius 2 is 1.86 bits per heavy atom. The highest BCUT2D eigenvalue weighted by atomic mass is 32.1. The van der Waals surface area contributed by atoms with Crippen molar-refractivity contribution in [1.82, 2.24) is 4.98 Å². The third-order valence-electron chi connectivity index (χ3n) is 3.22. The zero-order valence-corrected chi connectivity index (χ0v) is 14.2. The fourth-order valence-electron chi connectivity index (χ4n) is 1.96. The normalized spacial score (nSPS) is 10.6. The van der Waals surface area contributed by atoms with Gasteiger partial charge in [0.15, 0.2) is 11.5 Å². The molecule has 0 aliphatic carbocycles. The van der Waals surface area contributed by atoms with E-state index in [1.165, 1.54) is 11.3 Å². The molecule has 0 fully saturated rings. The van der Waals surface area contributed by atoms with Gasteiger partial charge in [-0.25, -0.2) is 4.98 Å². The number of nitrogens with zero attached hydrogens (tertiary/aromatic N) is 1. The molecule has 1 aromatic heterocycles. The Kier molecular flexibility index (Phi) is 5.03. The van der Waals surface area contributed by atoms with Gasteiger partial charge in [0, 0.05) is 17.7 Å². The number of hydrogen-bond acceptors (Lipinski definition) is 5. The standard InChI is InChI=1S/C16H20N2O3S/c1-9(2)16-17-8-14(22-16)15(19)18-11-7-13(21-5)12(20-4)6-10(11)3/h6-9H,1-5H3,(H,18,19). The van der Waals surface area contributed by atoms with Crippen LogP contribution < -0.4 is 14.8 Å². The molecule has 0 bridgehead atoms. The number of aryl methyl sites for hydroxylation is 1. The first-order valence-corrected chi connectivity index (χ1v) is 7.77. The van der Waals surface area contributed by atoms with Crippen molar-refractivity contribution in [3.05, 3.63) is 33.8 Å². The van der Waals surface area contributed by atoms with E-state index in [1.807, 2.05) is 13.0 Å². The van der Waals surface area contributed by atoms with Crippen molar-refractivity contribution in [2.75, 3.05) is 19.5 Å². The fraction of sp³-hybridized carbons (Fsp3) is 0.375. The molecule has 5 nitrogen and oxygen atoms in total. The van der Waals surface area contributed by atoms with Crippen molar-refractivity contribution in [3.8, 4) is 11.5 Å². The molecule has 0 aliphatic heterocycles. The second-order valence-corrected chi connectivity index (χ2v) is 6.26. The van der Waals surface area contributed by atoms with Crippen LogP contribution in [-0.2, 0) is 0 Å². The van der Waals surface area contributed by atoms with Crippen LogP contribution in [0.5, 0.6) is 11.5 Å². The van der Waals surface area contributed by atoms with Gasteiger partial charge in [-0.15, -0.1) is 11.3 Å². The van der Waals surface area contributed by atoms with Gasteiger partial charge in [0.25, 0.3) is 5.91 Å². The Morgan fingerprint density at radius 3 is 2.41 bits per heavy atom. The van der Waals surface area contributed by atoms with Crippen LogP contribution in [0.2, 0.25) is 0 Å². The van der Waals surface area contributed by atoms with Gasteiger partial charge in [-0.05, 0) is 18.6 Å². The number of rotatable bonds is 5. The Hall–Kier alpha value is -2.08. The molecule has 1 amide bonds. The number of amides is 1. The van der Waals surface area contributed by atoms with Crippen LogP contribution in [0.3, 0.4) is 0 Å². The molecule has 0 saturated heterocycles. The van der Waals surface area contributed by atoms with Crippen LogP contribution in [0.15, 0.2) is 18.3 Å². The molecule has 1 N–H and O–H groups in total. The molecule has 0 saturated carbocycles. The molecule has 2 rings (SSSR count). The topological polar surface area (TPSA) is 60.5 Å². The molecule has 2 aromatic rings. The zero-order valence-electron chi connectivity index (χ0n) is 13.4. The minimum absolute atomic E-state index is 0.167. The predicted molar refractivity (Wildman–Crippen MR) is 88.4 cm³/mol. The van der Waals surface area contributed by atoms with Crippen molar-refractivity contribution in [1.29, 1.82) is 0 Å². The van der Waals surface area contributed by atoms with Gasteiger partial charge in [0.1, 0.15) is 4.88 Å². The van der Waals surface area contributed by atoms with E-state index < -0.39 is 0 Å². The first-order valence-electron chi connectivity index (χ1n) is 6.96. The summed E-state index contributed by atoms with van der Waals surface area (Å²) in [7, 11) is 3.15. The average Bonchev–Trinajstić information content (AvgIpc) is 2.99. The summed E-state index contributed by atoms with van der Waals surface area (Å²) in [5.74, 6) is 1.36. The summed E-state index contributed by atoms with van der Waals surface area (Å²) in [6.45, 7) is 6.02. The van der Waals surface area contributed by atoms with E-state index in [1.54, 1.807) is 26.5 Å². The minimum Gasteiger partial charge on any atom is -0.493 e. The number of ether oxygens (including phenoxy) is 2. The lowest BCUT2D eigenvalue weighted by atomic mass is 10.1. The number of carbonyl (C=O) groups excluding carboxylic acids is 1. The van der Waals surface area contributed by atoms with Gasteiger partial charge >= 0.3 is 0 Å². The number of anilines is 1. The monoisotopic (exact) mass is 320 g/mol. The molecule has 0 unspecified atom stereocenters. The number of hydrogen-bond donors (Lipinski definition) is 1. The maximum Gasteiger partial charge on any atom is 0.267 e. The number of benzene rings is 1. The Labute approximate surface area is 134 Å². The third kappa shape index (κ3) is 3.39. The highest BCUT2D eigenvalue weighted by Gasteiger charge is 2.15. The van der Waals surface area contributed by atoms with E-state index in [2.05, 4.69) is 24.1 Å². The van der Waals surface area contributed by atoms with Crippen molar-refractivity contribution >= 4 is 22.9 Å². The van der Waals surface area contributed by atoms with Gasteiger partial charge < -0.3 is 14.8 Å². The second kappa shape index (κ2) is 6.79. The molecule has 0 atom stereocenters. The molecular weight excluding hydrogens is 300 g/mol. The SMILES string of the molecule is COc1cc(C)c(NC(=O)c2cnc(C(C)C)s2)cc1OC. The zero-order chi connectivity index (χ0) is 16.3. The molecule has 6 heteroatoms. The van der Waals surface area contributed by atoms with Crippen LogP contribution in [-0.4, -0.2) is 25.1 Å². The second-order valence-electron chi connectivity index (χ2n) is 5.19. The lowest BCUT2D eigenvalue weighted by Gasteiger charge is -2.13. The Balaban J connectivity index is 2.24. The highest BCUT2D eigenvalue weighted by molar-refractivity contribution is 7.13. The number of thiazole rings is 1. The van der Waals surface area contributed by atoms with E-state index in [-0.39, 0.29) is 5.91 Å². The van der Waals surface area contributed by atoms with Crippen LogP contribution in [0.4, 0.5) is 5.69 Å². The summed E-state index contributed by atoms with van der Waals surface area (Å²) >= 11 is 1.41. The van der Waals surface area contributed by atoms with E-state index in [0.29, 0.717) is 28.0 Å². The molecule has 0 radical (unpaired) electrons. The summed E-state index contributed by atoms with van der Waals surface area (Å²) in [4.78, 5) is 17.2. The average molecular weight is 320 g/mol. The number of nitrogens with one attached hydrogen (secondary N) is 1. The maximum absolute atomic E-state index is 12.3. The molecule has 0 spiro atoms. The lowest BCUT2D eigenvalue weighted by Crippen LogP contribution is -2.11. The minimum atomic E-state index is -0.167. The van der Waals surface area contributed by atoms with E-state index in [4.69, 9.17) is 9.47 Å². The van der Waals surface area contributed by atoms with Crippen LogP contribution >= 0.6 is 11.3 Å². The summed E-state index contributed by atoms with van der Waals surface area (Å²) in [6.07, 6.45) is 1.62. The van der Waals surface area contributed by atoms with E-state index in [0.717, 1.165) is 10.6 Å². The highest BCUT2D eigenvalue weighted by Crippen LogP contribution is 2.33. The van der Waals surface area contributed by atoms with Gasteiger partial charge in [-0.3, -0.25) is 4.79 Å². The quantitative estimate of drug-likeness (QED) is 0.909. The molecular formula is C16H20N2O3S. The Morgan fingerprint density at radius 1 is 1.23 bits per heavy atom. The third-order valence-corrected chi connectivity index (χ3v) is 4.52. The van der Waals surface area contributed by atoms with Crippen molar-refractivity contribution in [3.63, 3.8) is 0 Å². The van der Waals surface area contributed by atoms with Crippen LogP contribution in [0.25, 0.3) is 0 Å². The summed E-state index contributed by atoms with van der Waals surface area (Å²) in [6, 6.07) is 3.59. The molecule has 1 heterocycles. The first kappa shape index (κ1) is 16.3. The van der Waals surface area contributed by atoms with Crippen molar-refractivity contribution in [2.45, 2.75) is 26.7 Å². The predicted octanol–water partition coefficient (Wildman–Crippen LogP) is 3.84. The smallest absolute Gasteiger partial charge is 0.267 e. The van der Waals surface area contributed by atoms with Crippen LogP contribution in [0, 0.1) is 6.92 Å². The molecule has 1 aromatic carbocycles. The molecule has 118 valence electrons. The number of carbonyl (C=O) groups is 1. The van der Waals surface area contributed by atoms with Crippen LogP contribution in [0.1, 0.15) is 40.0 Å². The van der Waals surface area contributed by atoms with Gasteiger partial charge in [0.05, 0.1) is 25.4 Å². The molecule has 22 heavy (non-hydrogen) atoms. The maximum atomic E-state index is 12.3. The Bertz CT molecular complexity index is 680. The molecule has 0 aliphatic rings. The lowest BCUT2D eigenvalue weighted by molar-refractivity contribution is 0.103. The van der Waals surface area contributed by atoms with Crippen molar-refractivity contribution < 1.29 is 14.3 Å². The van der Waals surface area contributed by atoms with Gasteiger partial charge in [-0.2, -0.15) is 0 Å². The van der Waals surface area contributed by atoms with E-state index >= 15 is 0 Å². The summed E-state index contributed by atoms with van der Waals surface area (Å²) < 4.78 is 10.5. The van der Waals surface area contributed by atoms with Gasteiger partial charge in [-0.1, -0.05) is 13.8 Å². The first-order chi connectivity index (χ1) is 10.5. The van der Waals surface area contributed by atoms with Crippen molar-refractivity contribution in [2.24, 2.45) is 0 Å². The summed E-state index contributed by atoms with van der Waals surface area (Å²) in [5.41, 5.74) is 1.60. The van der Waals surface area contributed by atoms with Gasteiger partial charge in [0.2, 0.25) is 0 Å².